The van der Waals surface area contributed by atoms with Gasteiger partial charge in [-0.3, -0.25) is 34.3 Å². The van der Waals surface area contributed by atoms with Crippen LogP contribution in [-0.4, -0.2) is 81.5 Å². The highest BCUT2D eigenvalue weighted by Crippen LogP contribution is 2.42. The van der Waals surface area contributed by atoms with E-state index in [4.69, 9.17) is 17.0 Å². The molecule has 2 aromatic rings. The second-order valence-corrected chi connectivity index (χ2v) is 16.9. The van der Waals surface area contributed by atoms with Crippen molar-refractivity contribution in [3.05, 3.63) is 59.2 Å². The van der Waals surface area contributed by atoms with Crippen LogP contribution in [0.5, 0.6) is 0 Å². The molecule has 0 aromatic heterocycles. The molecule has 3 aliphatic heterocycles. The molecule has 15 heteroatoms. The monoisotopic (exact) mass is 808 g/mol. The Labute approximate surface area is 337 Å². The van der Waals surface area contributed by atoms with E-state index in [2.05, 4.69) is 29.4 Å². The van der Waals surface area contributed by atoms with E-state index < -0.39 is 28.7 Å². The number of ether oxygens (including phenoxy) is 1. The summed E-state index contributed by atoms with van der Waals surface area (Å²) in [5.41, 5.74) is -1.16. The predicted octanol–water partition coefficient (Wildman–Crippen LogP) is 7.05. The molecule has 306 valence electrons. The lowest BCUT2D eigenvalue weighted by molar-refractivity contribution is -0.138. The second-order valence-electron chi connectivity index (χ2n) is 16.5. The van der Waals surface area contributed by atoms with Crippen molar-refractivity contribution >= 4 is 52.3 Å². The molecule has 0 spiro atoms. The van der Waals surface area contributed by atoms with Gasteiger partial charge in [0.15, 0.2) is 5.11 Å². The van der Waals surface area contributed by atoms with E-state index in [0.29, 0.717) is 31.1 Å². The lowest BCUT2D eigenvalue weighted by Crippen LogP contribution is -2.51. The number of hydrogen-bond acceptors (Lipinski definition) is 8. The average molecular weight is 809 g/mol. The molecule has 3 saturated heterocycles. The summed E-state index contributed by atoms with van der Waals surface area (Å²) in [5, 5.41) is 14.8. The Balaban J connectivity index is 0.918. The van der Waals surface area contributed by atoms with Crippen molar-refractivity contribution in [3.63, 3.8) is 0 Å². The summed E-state index contributed by atoms with van der Waals surface area (Å²) in [6, 6.07) is 12.4. The number of likely N-dealkylation sites (tertiary alicyclic amines) is 1. The first-order valence-electron chi connectivity index (χ1n) is 19.9. The van der Waals surface area contributed by atoms with Gasteiger partial charge < -0.3 is 15.0 Å². The molecule has 2 N–H and O–H groups in total. The predicted molar refractivity (Wildman–Crippen MR) is 212 cm³/mol. The number of benzene rings is 2. The Morgan fingerprint density at radius 1 is 1.02 bits per heavy atom. The number of carbonyl (C=O) groups excluding carboxylic acids is 4. The zero-order chi connectivity index (χ0) is 41.2. The van der Waals surface area contributed by atoms with Gasteiger partial charge in [-0.15, -0.1) is 0 Å². The van der Waals surface area contributed by atoms with E-state index in [1.807, 2.05) is 17.0 Å². The highest BCUT2D eigenvalue weighted by atomic mass is 32.1. The van der Waals surface area contributed by atoms with Gasteiger partial charge >= 0.3 is 6.18 Å². The molecule has 3 unspecified atom stereocenters. The molecule has 1 saturated carbocycles. The number of alkyl halides is 3. The first kappa shape index (κ1) is 42.2. The van der Waals surface area contributed by atoms with Crippen molar-refractivity contribution in [2.75, 3.05) is 23.4 Å². The van der Waals surface area contributed by atoms with Crippen LogP contribution in [0, 0.1) is 17.2 Å². The van der Waals surface area contributed by atoms with E-state index in [-0.39, 0.29) is 65.2 Å². The molecule has 3 heterocycles. The number of hydrogen-bond donors (Lipinski definition) is 2. The maximum absolute atomic E-state index is 13.7. The van der Waals surface area contributed by atoms with Gasteiger partial charge in [-0.2, -0.15) is 18.4 Å². The second kappa shape index (κ2) is 17.2. The van der Waals surface area contributed by atoms with Gasteiger partial charge in [0.25, 0.3) is 5.91 Å². The van der Waals surface area contributed by atoms with Crippen molar-refractivity contribution in [1.29, 1.82) is 5.26 Å². The zero-order valence-corrected chi connectivity index (χ0v) is 33.7. The largest absolute Gasteiger partial charge is 0.417 e. The number of amides is 4. The Morgan fingerprint density at radius 2 is 1.68 bits per heavy atom. The quantitative estimate of drug-likeness (QED) is 0.139. The molecule has 4 fully saturated rings. The van der Waals surface area contributed by atoms with Crippen molar-refractivity contribution in [2.45, 2.75) is 134 Å². The van der Waals surface area contributed by atoms with E-state index >= 15 is 0 Å². The molecular weight excluding hydrogens is 758 g/mol. The number of nitrogens with one attached hydrogen (secondary N) is 2. The van der Waals surface area contributed by atoms with Gasteiger partial charge in [0.2, 0.25) is 17.7 Å². The Kier molecular flexibility index (Phi) is 12.8. The summed E-state index contributed by atoms with van der Waals surface area (Å²) in [7, 11) is 0. The third kappa shape index (κ3) is 9.34. The lowest BCUT2D eigenvalue weighted by atomic mass is 9.82. The van der Waals surface area contributed by atoms with Crippen LogP contribution in [0.1, 0.15) is 115 Å². The zero-order valence-electron chi connectivity index (χ0n) is 32.9. The number of rotatable bonds is 11. The van der Waals surface area contributed by atoms with Crippen LogP contribution < -0.4 is 15.5 Å². The molecule has 3 atom stereocenters. The molecule has 0 radical (unpaired) electrons. The number of piperidine rings is 2. The summed E-state index contributed by atoms with van der Waals surface area (Å²) >= 11 is 5.75. The molecule has 2 aromatic carbocycles. The van der Waals surface area contributed by atoms with Gasteiger partial charge in [0.1, 0.15) is 5.54 Å². The summed E-state index contributed by atoms with van der Waals surface area (Å²) in [6.07, 6.45) is 3.23. The number of carbonyl (C=O) groups is 4. The average Bonchev–Trinajstić information content (AvgIpc) is 3.33. The molecule has 11 nitrogen and oxygen atoms in total. The van der Waals surface area contributed by atoms with Gasteiger partial charge in [-0.25, -0.2) is 0 Å². The third-order valence-electron chi connectivity index (χ3n) is 12.2. The molecule has 0 bridgehead atoms. The topological polar surface area (TPSA) is 135 Å². The fourth-order valence-electron chi connectivity index (χ4n) is 9.15. The molecule has 6 rings (SSSR count). The number of nitrogens with zero attached hydrogens (tertiary/aromatic N) is 4. The van der Waals surface area contributed by atoms with Gasteiger partial charge in [-0.1, -0.05) is 12.1 Å². The van der Waals surface area contributed by atoms with Gasteiger partial charge in [0.05, 0.1) is 41.5 Å². The normalized spacial score (nSPS) is 27.0. The van der Waals surface area contributed by atoms with E-state index in [0.717, 1.165) is 69.1 Å². The standard InChI is InChI=1S/C42H51F3N6O5S/c1-25-20-33(21-26(2)49(25)24-37(53)47-30-12-9-28(10-13-30)34-17-18-36(52)48-38(34)54)56-19-5-6-27-7-14-31(15-8-27)51-40(57)50(39(55)41(51,3)4)32-16-11-29(23-46)35(22-32)42(43,44)45/h9-13,16,22,25-27,31,33-34H,5-8,14-15,17-21,24H2,1-4H3,(H,47,53)(H,48,52,54). The summed E-state index contributed by atoms with van der Waals surface area (Å²) in [6.45, 7) is 8.67. The maximum atomic E-state index is 13.7. The molecule has 4 aliphatic rings. The van der Waals surface area contributed by atoms with Crippen LogP contribution in [-0.2, 0) is 30.1 Å². The fourth-order valence-corrected chi connectivity index (χ4v) is 9.72. The summed E-state index contributed by atoms with van der Waals surface area (Å²) in [4.78, 5) is 55.6. The third-order valence-corrected chi connectivity index (χ3v) is 12.6. The fraction of sp³-hybridized carbons (Fsp3) is 0.571. The molecule has 57 heavy (non-hydrogen) atoms. The Bertz CT molecular complexity index is 1900. The minimum atomic E-state index is -4.75. The molecular formula is C42H51F3N6O5S. The number of thiocarbonyl (C=S) groups is 1. The number of imide groups is 1. The van der Waals surface area contributed by atoms with Gasteiger partial charge in [-0.05, 0) is 140 Å². The maximum Gasteiger partial charge on any atom is 0.417 e. The molecule has 1 aliphatic carbocycles. The van der Waals surface area contributed by atoms with Gasteiger partial charge in [0, 0.05) is 36.8 Å². The Morgan fingerprint density at radius 3 is 2.30 bits per heavy atom. The number of halogens is 3. The van der Waals surface area contributed by atoms with Crippen molar-refractivity contribution in [3.8, 4) is 6.07 Å². The Hall–Kier alpha value is -4.39. The lowest BCUT2D eigenvalue weighted by Gasteiger charge is -2.42. The van der Waals surface area contributed by atoms with E-state index in [1.165, 1.54) is 11.0 Å². The van der Waals surface area contributed by atoms with Crippen LogP contribution >= 0.6 is 12.2 Å². The summed E-state index contributed by atoms with van der Waals surface area (Å²) < 4.78 is 47.5. The highest BCUT2D eigenvalue weighted by molar-refractivity contribution is 7.80. The van der Waals surface area contributed by atoms with Crippen LogP contribution in [0.25, 0.3) is 0 Å². The first-order chi connectivity index (χ1) is 27.0. The van der Waals surface area contributed by atoms with Crippen molar-refractivity contribution in [1.82, 2.24) is 15.1 Å². The number of nitriles is 1. The minimum absolute atomic E-state index is 0.00765. The van der Waals surface area contributed by atoms with Crippen LogP contribution in [0.2, 0.25) is 0 Å². The SMILES string of the molecule is CC1CC(OCCCC2CCC(N3C(=S)N(c4ccc(C#N)c(C(F)(F)F)c4)C(=O)C3(C)C)CC2)CC(C)N1CC(=O)Nc1ccc(C2CCC(=O)NC2=O)cc1. The van der Waals surface area contributed by atoms with E-state index in [1.54, 1.807) is 32.0 Å². The van der Waals surface area contributed by atoms with E-state index in [9.17, 15) is 37.6 Å². The minimum Gasteiger partial charge on any atom is -0.378 e. The smallest absolute Gasteiger partial charge is 0.378 e. The van der Waals surface area contributed by atoms with Crippen LogP contribution in [0.15, 0.2) is 42.5 Å². The molecule has 4 amide bonds. The highest BCUT2D eigenvalue weighted by Gasteiger charge is 2.52. The van der Waals surface area contributed by atoms with Crippen LogP contribution in [0.3, 0.4) is 0 Å². The van der Waals surface area contributed by atoms with Crippen molar-refractivity contribution < 1.29 is 37.1 Å². The van der Waals surface area contributed by atoms with Crippen molar-refractivity contribution in [2.24, 2.45) is 5.92 Å². The van der Waals surface area contributed by atoms with Crippen LogP contribution in [0.4, 0.5) is 24.5 Å². The number of anilines is 2. The summed E-state index contributed by atoms with van der Waals surface area (Å²) in [5.74, 6) is -0.918. The first-order valence-corrected chi connectivity index (χ1v) is 20.3.